The van der Waals surface area contributed by atoms with Crippen molar-refractivity contribution in [2.24, 2.45) is 17.8 Å². The molecule has 0 saturated carbocycles. The van der Waals surface area contributed by atoms with Gasteiger partial charge >= 0.3 is 5.97 Å². The van der Waals surface area contributed by atoms with E-state index in [-0.39, 0.29) is 5.03 Å². The van der Waals surface area contributed by atoms with Crippen LogP contribution in [0.15, 0.2) is 46.4 Å². The van der Waals surface area contributed by atoms with Crippen molar-refractivity contribution in [1.82, 2.24) is 0 Å². The number of ketones is 1. The Hall–Kier alpha value is -1.93. The number of ether oxygens (including phenoxy) is 3. The number of fused-ring (bicyclic) bond motifs is 5. The number of carbonyl (C=O) groups is 2. The lowest BCUT2D eigenvalue weighted by Crippen LogP contribution is -2.56. The van der Waals surface area contributed by atoms with Gasteiger partial charge in [-0.3, -0.25) is 9.59 Å². The van der Waals surface area contributed by atoms with Gasteiger partial charge in [-0.05, 0) is 45.4 Å². The second-order valence-corrected chi connectivity index (χ2v) is 9.56. The summed E-state index contributed by atoms with van der Waals surface area (Å²) in [6, 6.07) is 0. The Morgan fingerprint density at radius 1 is 1.29 bits per heavy atom. The molecule has 168 valence electrons. The maximum atomic E-state index is 13.3. The van der Waals surface area contributed by atoms with Gasteiger partial charge in [0, 0.05) is 23.0 Å². The maximum Gasteiger partial charge on any atom is 0.315 e. The van der Waals surface area contributed by atoms with E-state index in [1.54, 1.807) is 45.9 Å². The van der Waals surface area contributed by atoms with Gasteiger partial charge in [-0.15, -0.1) is 0 Å². The normalized spacial score (nSPS) is 41.5. The smallest absolute Gasteiger partial charge is 0.315 e. The van der Waals surface area contributed by atoms with E-state index >= 15 is 0 Å². The van der Waals surface area contributed by atoms with Gasteiger partial charge in [-0.25, -0.2) is 0 Å². The van der Waals surface area contributed by atoms with Crippen LogP contribution in [0, 0.1) is 17.8 Å². The van der Waals surface area contributed by atoms with E-state index in [2.05, 4.69) is 0 Å². The van der Waals surface area contributed by atoms with Gasteiger partial charge in [0.1, 0.15) is 23.4 Å². The van der Waals surface area contributed by atoms with Crippen LogP contribution in [0.2, 0.25) is 0 Å². The second-order valence-electron chi connectivity index (χ2n) is 9.19. The van der Waals surface area contributed by atoms with E-state index < -0.39 is 52.6 Å². The quantitative estimate of drug-likeness (QED) is 0.637. The van der Waals surface area contributed by atoms with E-state index in [4.69, 9.17) is 25.8 Å². The number of rotatable bonds is 3. The van der Waals surface area contributed by atoms with Gasteiger partial charge in [-0.2, -0.15) is 0 Å². The summed E-state index contributed by atoms with van der Waals surface area (Å²) < 4.78 is 17.2. The maximum absolute atomic E-state index is 13.3. The third-order valence-corrected chi connectivity index (χ3v) is 7.50. The predicted octanol–water partition coefficient (Wildman–Crippen LogP) is 2.87. The molecule has 0 aromatic heterocycles. The second kappa shape index (κ2) is 7.04. The zero-order valence-corrected chi connectivity index (χ0v) is 18.9. The van der Waals surface area contributed by atoms with Gasteiger partial charge in [0.2, 0.25) is 5.78 Å². The van der Waals surface area contributed by atoms with E-state index in [9.17, 15) is 19.8 Å². The fourth-order valence-electron chi connectivity index (χ4n) is 4.76. The highest BCUT2D eigenvalue weighted by atomic mass is 35.5. The Morgan fingerprint density at radius 2 is 1.97 bits per heavy atom. The molecule has 4 aliphatic rings. The van der Waals surface area contributed by atoms with Gasteiger partial charge in [0.15, 0.2) is 5.79 Å². The van der Waals surface area contributed by atoms with Crippen LogP contribution in [-0.2, 0) is 23.8 Å². The van der Waals surface area contributed by atoms with Crippen molar-refractivity contribution in [1.29, 1.82) is 0 Å². The van der Waals surface area contributed by atoms with Gasteiger partial charge in [0.25, 0.3) is 0 Å². The standard InChI is InChI=1S/C23H27ClO7/c1-6-21(4,27)8-7-13-9-14-15(10-29-13)16-17-20(26)30-12(3)11(2)23(17,28)31-22(16,5)19(25)18(14)24/h7-12,16-17,27-28H,6H2,1-5H3/b8-7-/t11-,12-,16-,17+,21?,22+,23-/m1/s1. The molecule has 31 heavy (non-hydrogen) atoms. The molecule has 2 fully saturated rings. The highest BCUT2D eigenvalue weighted by Crippen LogP contribution is 2.60. The minimum absolute atomic E-state index is 0.0576. The van der Waals surface area contributed by atoms with Crippen molar-refractivity contribution in [3.63, 3.8) is 0 Å². The summed E-state index contributed by atoms with van der Waals surface area (Å²) in [5.74, 6) is -5.11. The molecule has 8 heteroatoms. The fraction of sp³-hybridized carbons (Fsp3) is 0.565. The zero-order chi connectivity index (χ0) is 22.9. The summed E-state index contributed by atoms with van der Waals surface area (Å²) in [6.45, 7) is 8.46. The molecule has 0 bridgehead atoms. The van der Waals surface area contributed by atoms with Crippen LogP contribution < -0.4 is 0 Å². The minimum atomic E-state index is -1.87. The molecule has 0 amide bonds. The molecule has 0 aromatic carbocycles. The topological polar surface area (TPSA) is 102 Å². The number of carbonyl (C=O) groups excluding carboxylic acids is 2. The summed E-state index contributed by atoms with van der Waals surface area (Å²) >= 11 is 6.46. The highest BCUT2D eigenvalue weighted by molar-refractivity contribution is 6.45. The predicted molar refractivity (Wildman–Crippen MR) is 111 cm³/mol. The summed E-state index contributed by atoms with van der Waals surface area (Å²) in [7, 11) is 0. The Kier molecular flexibility index (Phi) is 5.05. The van der Waals surface area contributed by atoms with E-state index in [0.29, 0.717) is 23.3 Å². The summed E-state index contributed by atoms with van der Waals surface area (Å²) in [6.07, 6.45) is 6.16. The van der Waals surface area contributed by atoms with Crippen LogP contribution in [0.1, 0.15) is 41.0 Å². The molecule has 0 radical (unpaired) electrons. The molecule has 7 atom stereocenters. The number of Topliss-reactive ketones (excluding diaryl/α,β-unsaturated/α-hetero) is 1. The lowest BCUT2D eigenvalue weighted by Gasteiger charge is -2.42. The fourth-order valence-corrected chi connectivity index (χ4v) is 5.11. The van der Waals surface area contributed by atoms with Gasteiger partial charge in [0.05, 0.1) is 16.9 Å². The monoisotopic (exact) mass is 450 g/mol. The molecule has 7 nitrogen and oxygen atoms in total. The highest BCUT2D eigenvalue weighted by Gasteiger charge is 2.72. The lowest BCUT2D eigenvalue weighted by molar-refractivity contribution is -0.286. The first-order valence-electron chi connectivity index (χ1n) is 10.4. The molecular weight excluding hydrogens is 424 g/mol. The third-order valence-electron chi connectivity index (χ3n) is 7.12. The van der Waals surface area contributed by atoms with Crippen LogP contribution in [-0.4, -0.2) is 45.1 Å². The van der Waals surface area contributed by atoms with E-state index in [1.807, 2.05) is 6.92 Å². The number of hydrogen-bond donors (Lipinski definition) is 2. The average Bonchev–Trinajstić information content (AvgIpc) is 2.98. The average molecular weight is 451 g/mol. The molecule has 3 heterocycles. The van der Waals surface area contributed by atoms with Crippen molar-refractivity contribution in [2.75, 3.05) is 0 Å². The van der Waals surface area contributed by atoms with Crippen LogP contribution in [0.25, 0.3) is 0 Å². The number of aliphatic hydroxyl groups is 2. The van der Waals surface area contributed by atoms with Crippen LogP contribution in [0.5, 0.6) is 0 Å². The first-order valence-corrected chi connectivity index (χ1v) is 10.8. The van der Waals surface area contributed by atoms with Crippen LogP contribution in [0.3, 0.4) is 0 Å². The van der Waals surface area contributed by atoms with Crippen molar-refractivity contribution in [3.8, 4) is 0 Å². The molecule has 2 saturated heterocycles. The first-order chi connectivity index (χ1) is 14.4. The number of esters is 1. The van der Waals surface area contributed by atoms with Crippen molar-refractivity contribution < 1.29 is 34.0 Å². The molecular formula is C23H27ClO7. The minimum Gasteiger partial charge on any atom is -0.465 e. The Morgan fingerprint density at radius 3 is 2.61 bits per heavy atom. The van der Waals surface area contributed by atoms with Crippen LogP contribution in [0.4, 0.5) is 0 Å². The van der Waals surface area contributed by atoms with Crippen LogP contribution >= 0.6 is 11.6 Å². The number of allylic oxidation sites excluding steroid dienone is 3. The van der Waals surface area contributed by atoms with E-state index in [0.717, 1.165) is 0 Å². The molecule has 0 spiro atoms. The Balaban J connectivity index is 1.79. The SMILES string of the molecule is CCC(C)(O)/C=C\C1=CC2=C(Cl)C(=O)[C@@]3(C)O[C@]4(O)[C@H](C)[C@@H](C)OC(=O)[C@@H]4[C@H]3C2=CO1. The number of cyclic esters (lactones) is 1. The van der Waals surface area contributed by atoms with Crippen molar-refractivity contribution >= 4 is 23.4 Å². The summed E-state index contributed by atoms with van der Waals surface area (Å²) in [4.78, 5) is 26.2. The molecule has 2 N–H and O–H groups in total. The van der Waals surface area contributed by atoms with E-state index in [1.165, 1.54) is 6.26 Å². The third kappa shape index (κ3) is 3.13. The number of halogens is 1. The molecule has 1 unspecified atom stereocenters. The van der Waals surface area contributed by atoms with Crippen molar-refractivity contribution in [3.05, 3.63) is 46.4 Å². The lowest BCUT2D eigenvalue weighted by atomic mass is 9.65. The molecule has 1 aliphatic carbocycles. The van der Waals surface area contributed by atoms with Crippen molar-refractivity contribution in [2.45, 2.75) is 64.1 Å². The molecule has 4 rings (SSSR count). The summed E-state index contributed by atoms with van der Waals surface area (Å²) in [5, 5.41) is 21.5. The Labute approximate surface area is 186 Å². The molecule has 0 aromatic rings. The summed E-state index contributed by atoms with van der Waals surface area (Å²) in [5.41, 5.74) is -1.66. The Bertz CT molecular complexity index is 974. The largest absolute Gasteiger partial charge is 0.465 e. The molecule has 3 aliphatic heterocycles. The first kappa shape index (κ1) is 22.3. The number of hydrogen-bond acceptors (Lipinski definition) is 7. The van der Waals surface area contributed by atoms with Gasteiger partial charge < -0.3 is 24.4 Å². The zero-order valence-electron chi connectivity index (χ0n) is 18.1. The van der Waals surface area contributed by atoms with Gasteiger partial charge in [-0.1, -0.05) is 25.4 Å².